The van der Waals surface area contributed by atoms with Gasteiger partial charge in [-0.2, -0.15) is 0 Å². The number of carbonyl (C=O) groups excluding carboxylic acids is 1. The van der Waals surface area contributed by atoms with E-state index in [0.717, 1.165) is 50.9 Å². The molecule has 1 saturated heterocycles. The summed E-state index contributed by atoms with van der Waals surface area (Å²) in [5, 5.41) is 0. The molecule has 1 fully saturated rings. The first-order valence-corrected chi connectivity index (χ1v) is 8.75. The third-order valence-electron chi connectivity index (χ3n) is 4.25. The predicted molar refractivity (Wildman–Crippen MR) is 88.2 cm³/mol. The van der Waals surface area contributed by atoms with Gasteiger partial charge in [0.25, 0.3) is 5.91 Å². The number of hydrogen-bond acceptors (Lipinski definition) is 2. The first-order chi connectivity index (χ1) is 10.1. The normalized spacial score (nSPS) is 23.0. The minimum Gasteiger partial charge on any atom is -0.368 e. The lowest BCUT2D eigenvalue weighted by Gasteiger charge is -2.31. The van der Waals surface area contributed by atoms with Gasteiger partial charge in [-0.15, -0.1) is 0 Å². The van der Waals surface area contributed by atoms with Crippen molar-refractivity contribution in [3.63, 3.8) is 0 Å². The highest BCUT2D eigenvalue weighted by Gasteiger charge is 2.31. The van der Waals surface area contributed by atoms with E-state index in [4.69, 9.17) is 4.74 Å². The molecule has 114 valence electrons. The van der Waals surface area contributed by atoms with Gasteiger partial charge in [-0.1, -0.05) is 35.0 Å². The Morgan fingerprint density at radius 3 is 3.05 bits per heavy atom. The summed E-state index contributed by atoms with van der Waals surface area (Å²) in [4.78, 5) is 15.0. The number of anilines is 1. The van der Waals surface area contributed by atoms with Gasteiger partial charge >= 0.3 is 0 Å². The van der Waals surface area contributed by atoms with E-state index in [1.54, 1.807) is 0 Å². The summed E-state index contributed by atoms with van der Waals surface area (Å²) in [5.74, 6) is 0.148. The maximum absolute atomic E-state index is 12.6. The van der Waals surface area contributed by atoms with Crippen molar-refractivity contribution in [2.75, 3.05) is 18.1 Å². The van der Waals surface area contributed by atoms with Crippen molar-refractivity contribution in [3.05, 3.63) is 29.3 Å². The number of aryl methyl sites for hydroxylation is 1. The molecule has 0 spiro atoms. The van der Waals surface area contributed by atoms with E-state index in [0.29, 0.717) is 4.83 Å². The molecule has 21 heavy (non-hydrogen) atoms. The Balaban J connectivity index is 1.82. The minimum atomic E-state index is -0.224. The molecule has 1 aromatic rings. The van der Waals surface area contributed by atoms with Gasteiger partial charge < -0.3 is 9.64 Å². The third kappa shape index (κ3) is 3.32. The molecule has 0 N–H and O–H groups in total. The van der Waals surface area contributed by atoms with E-state index in [1.165, 1.54) is 11.1 Å². The first-order valence-electron chi connectivity index (χ1n) is 7.84. The number of nitrogens with zero attached hydrogens (tertiary/aromatic N) is 1. The Bertz CT molecular complexity index is 524. The number of rotatable bonds is 3. The summed E-state index contributed by atoms with van der Waals surface area (Å²) in [6, 6.07) is 6.53. The van der Waals surface area contributed by atoms with Crippen molar-refractivity contribution >= 4 is 27.5 Å². The van der Waals surface area contributed by atoms with Crippen LogP contribution in [0.2, 0.25) is 0 Å². The summed E-state index contributed by atoms with van der Waals surface area (Å²) < 4.78 is 5.56. The molecule has 2 aliphatic rings. The van der Waals surface area contributed by atoms with Crippen LogP contribution in [-0.4, -0.2) is 30.0 Å². The van der Waals surface area contributed by atoms with E-state index in [9.17, 15) is 4.79 Å². The number of ether oxygens (including phenoxy) is 1. The van der Waals surface area contributed by atoms with E-state index in [2.05, 4.69) is 41.1 Å². The number of amides is 1. The van der Waals surface area contributed by atoms with Crippen LogP contribution in [0.3, 0.4) is 0 Å². The molecule has 2 heterocycles. The molecular weight excluding hydrogens is 330 g/mol. The highest BCUT2D eigenvalue weighted by Crippen LogP contribution is 2.30. The lowest BCUT2D eigenvalue weighted by Crippen LogP contribution is -2.42. The Morgan fingerprint density at radius 2 is 2.33 bits per heavy atom. The molecule has 3 nitrogen and oxygen atoms in total. The molecule has 2 aliphatic heterocycles. The van der Waals surface area contributed by atoms with Gasteiger partial charge in [-0.25, -0.2) is 0 Å². The van der Waals surface area contributed by atoms with Crippen molar-refractivity contribution in [1.29, 1.82) is 0 Å². The molecule has 0 bridgehead atoms. The van der Waals surface area contributed by atoms with Crippen molar-refractivity contribution in [1.82, 2.24) is 0 Å². The SMILES string of the molecule is CC(Br)Cc1ccc2c(c1)CCCN2C(=O)C1CCCO1. The second-order valence-corrected chi connectivity index (χ2v) is 7.61. The predicted octanol–water partition coefficient (Wildman–Crippen LogP) is 3.47. The van der Waals surface area contributed by atoms with E-state index >= 15 is 0 Å². The highest BCUT2D eigenvalue weighted by molar-refractivity contribution is 9.09. The zero-order valence-corrected chi connectivity index (χ0v) is 14.1. The van der Waals surface area contributed by atoms with Crippen LogP contribution in [-0.2, 0) is 22.4 Å². The Labute approximate surface area is 134 Å². The second kappa shape index (κ2) is 6.49. The number of halogens is 1. The number of alkyl halides is 1. The van der Waals surface area contributed by atoms with Crippen LogP contribution in [0.1, 0.15) is 37.3 Å². The number of hydrogen-bond donors (Lipinski definition) is 0. The van der Waals surface area contributed by atoms with Crippen LogP contribution in [0.15, 0.2) is 18.2 Å². The quantitative estimate of drug-likeness (QED) is 0.780. The molecule has 0 saturated carbocycles. The molecule has 2 atom stereocenters. The third-order valence-corrected chi connectivity index (χ3v) is 4.57. The summed E-state index contributed by atoms with van der Waals surface area (Å²) in [6.45, 7) is 3.70. The summed E-state index contributed by atoms with van der Waals surface area (Å²) in [5.41, 5.74) is 3.73. The monoisotopic (exact) mass is 351 g/mol. The van der Waals surface area contributed by atoms with Crippen LogP contribution in [0.25, 0.3) is 0 Å². The van der Waals surface area contributed by atoms with Gasteiger partial charge in [0, 0.05) is 23.7 Å². The van der Waals surface area contributed by atoms with Gasteiger partial charge in [0.2, 0.25) is 0 Å². The minimum absolute atomic E-state index is 0.148. The molecule has 4 heteroatoms. The number of benzene rings is 1. The summed E-state index contributed by atoms with van der Waals surface area (Å²) in [7, 11) is 0. The number of carbonyl (C=O) groups is 1. The van der Waals surface area contributed by atoms with Crippen molar-refractivity contribution < 1.29 is 9.53 Å². The van der Waals surface area contributed by atoms with E-state index in [-0.39, 0.29) is 12.0 Å². The molecule has 0 aliphatic carbocycles. The standard InChI is InChI=1S/C17H22BrNO2/c1-12(18)10-13-6-7-15-14(11-13)4-2-8-19(15)17(20)16-5-3-9-21-16/h6-7,11-12,16H,2-5,8-10H2,1H3. The average molecular weight is 352 g/mol. The molecule has 0 radical (unpaired) electrons. The van der Waals surface area contributed by atoms with Crippen LogP contribution in [0, 0.1) is 0 Å². The zero-order valence-electron chi connectivity index (χ0n) is 12.5. The average Bonchev–Trinajstić information content (AvgIpc) is 2.99. The van der Waals surface area contributed by atoms with Crippen LogP contribution in [0.5, 0.6) is 0 Å². The Kier molecular flexibility index (Phi) is 4.65. The van der Waals surface area contributed by atoms with Gasteiger partial charge in [0.05, 0.1) is 0 Å². The van der Waals surface area contributed by atoms with E-state index < -0.39 is 0 Å². The molecule has 1 amide bonds. The lowest BCUT2D eigenvalue weighted by atomic mass is 9.97. The topological polar surface area (TPSA) is 29.5 Å². The lowest BCUT2D eigenvalue weighted by molar-refractivity contribution is -0.127. The fourth-order valence-electron chi connectivity index (χ4n) is 3.28. The Morgan fingerprint density at radius 1 is 1.48 bits per heavy atom. The zero-order chi connectivity index (χ0) is 14.8. The van der Waals surface area contributed by atoms with Crippen LogP contribution >= 0.6 is 15.9 Å². The van der Waals surface area contributed by atoms with E-state index in [1.807, 2.05) is 4.90 Å². The fourth-order valence-corrected chi connectivity index (χ4v) is 3.65. The maximum atomic E-state index is 12.6. The van der Waals surface area contributed by atoms with Gasteiger partial charge in [-0.05, 0) is 49.3 Å². The smallest absolute Gasteiger partial charge is 0.256 e. The van der Waals surface area contributed by atoms with Gasteiger partial charge in [-0.3, -0.25) is 4.79 Å². The summed E-state index contributed by atoms with van der Waals surface area (Å²) in [6.07, 6.45) is 4.77. The molecule has 0 aromatic heterocycles. The maximum Gasteiger partial charge on any atom is 0.256 e. The second-order valence-electron chi connectivity index (χ2n) is 6.04. The molecule has 1 aromatic carbocycles. The Hall–Kier alpha value is -0.870. The molecule has 3 rings (SSSR count). The first kappa shape index (κ1) is 15.0. The van der Waals surface area contributed by atoms with Gasteiger partial charge in [0.15, 0.2) is 0 Å². The molecular formula is C17H22BrNO2. The molecule has 2 unspecified atom stereocenters. The number of fused-ring (bicyclic) bond motifs is 1. The van der Waals surface area contributed by atoms with Crippen molar-refractivity contribution in [2.45, 2.75) is 50.0 Å². The fraction of sp³-hybridized carbons (Fsp3) is 0.588. The van der Waals surface area contributed by atoms with Crippen LogP contribution in [0.4, 0.5) is 5.69 Å². The highest BCUT2D eigenvalue weighted by atomic mass is 79.9. The van der Waals surface area contributed by atoms with Crippen molar-refractivity contribution in [3.8, 4) is 0 Å². The van der Waals surface area contributed by atoms with Crippen LogP contribution < -0.4 is 4.90 Å². The largest absolute Gasteiger partial charge is 0.368 e. The summed E-state index contributed by atoms with van der Waals surface area (Å²) >= 11 is 3.61. The van der Waals surface area contributed by atoms with Crippen molar-refractivity contribution in [2.24, 2.45) is 0 Å². The van der Waals surface area contributed by atoms with Gasteiger partial charge in [0.1, 0.15) is 6.10 Å².